The highest BCUT2D eigenvalue weighted by atomic mass is 16.5. The number of hydrogen-bond acceptors (Lipinski definition) is 6. The quantitative estimate of drug-likeness (QED) is 0.373. The van der Waals surface area contributed by atoms with Gasteiger partial charge in [-0.25, -0.2) is 4.98 Å². The molecule has 2 aliphatic heterocycles. The summed E-state index contributed by atoms with van der Waals surface area (Å²) in [6.45, 7) is 8.58. The third kappa shape index (κ3) is 6.31. The maximum absolute atomic E-state index is 12.7. The summed E-state index contributed by atoms with van der Waals surface area (Å²) >= 11 is 0. The van der Waals surface area contributed by atoms with Gasteiger partial charge in [-0.3, -0.25) is 9.69 Å². The molecule has 5 atom stereocenters. The summed E-state index contributed by atoms with van der Waals surface area (Å²) in [6, 6.07) is 8.14. The number of nitrogens with one attached hydrogen (secondary N) is 1. The van der Waals surface area contributed by atoms with Crippen LogP contribution in [0, 0.1) is 6.92 Å². The van der Waals surface area contributed by atoms with Crippen LogP contribution < -0.4 is 5.32 Å². The predicted molar refractivity (Wildman–Crippen MR) is 153 cm³/mol. The summed E-state index contributed by atoms with van der Waals surface area (Å²) in [5.74, 6) is 0.443. The van der Waals surface area contributed by atoms with Gasteiger partial charge in [0.15, 0.2) is 0 Å². The number of benzene rings is 1. The van der Waals surface area contributed by atoms with Crippen molar-refractivity contribution in [2.45, 2.75) is 109 Å². The molecule has 1 aromatic heterocycles. The van der Waals surface area contributed by atoms with Crippen LogP contribution in [0.25, 0.3) is 0 Å². The van der Waals surface area contributed by atoms with Crippen molar-refractivity contribution in [3.8, 4) is 0 Å². The van der Waals surface area contributed by atoms with Crippen molar-refractivity contribution in [1.82, 2.24) is 9.88 Å². The number of ether oxygens (including phenoxy) is 2. The van der Waals surface area contributed by atoms with E-state index in [9.17, 15) is 9.90 Å². The summed E-state index contributed by atoms with van der Waals surface area (Å²) in [4.78, 5) is 19.6. The van der Waals surface area contributed by atoms with Crippen LogP contribution in [0.2, 0.25) is 0 Å². The normalized spacial score (nSPS) is 25.2. The monoisotopic (exact) mass is 535 g/mol. The van der Waals surface area contributed by atoms with Gasteiger partial charge in [-0.05, 0) is 101 Å². The molecule has 2 N–H and O–H groups in total. The number of fused-ring (bicyclic) bond motifs is 2. The second-order valence-corrected chi connectivity index (χ2v) is 11.9. The van der Waals surface area contributed by atoms with Crippen LogP contribution in [0.4, 0.5) is 5.82 Å². The van der Waals surface area contributed by atoms with Crippen LogP contribution in [0.15, 0.2) is 24.3 Å². The highest BCUT2D eigenvalue weighted by molar-refractivity contribution is 5.77. The van der Waals surface area contributed by atoms with Gasteiger partial charge < -0.3 is 19.9 Å². The van der Waals surface area contributed by atoms with E-state index in [4.69, 9.17) is 14.5 Å². The van der Waals surface area contributed by atoms with Crippen molar-refractivity contribution in [3.05, 3.63) is 57.8 Å². The van der Waals surface area contributed by atoms with E-state index in [0.717, 1.165) is 91.9 Å². The molecule has 1 unspecified atom stereocenters. The number of unbranched alkanes of at least 4 members (excludes halogenated alkanes) is 1. The summed E-state index contributed by atoms with van der Waals surface area (Å²) in [7, 11) is 1.98. The predicted octanol–water partition coefficient (Wildman–Crippen LogP) is 5.79. The van der Waals surface area contributed by atoms with Gasteiger partial charge in [0.1, 0.15) is 11.9 Å². The third-order valence-electron chi connectivity index (χ3n) is 9.10. The van der Waals surface area contributed by atoms with E-state index >= 15 is 0 Å². The van der Waals surface area contributed by atoms with Crippen LogP contribution in [0.5, 0.6) is 0 Å². The number of aliphatic carboxylic acids is 1. The molecule has 0 spiro atoms. The minimum Gasteiger partial charge on any atom is -0.480 e. The Hall–Kier alpha value is -2.48. The zero-order valence-electron chi connectivity index (χ0n) is 24.0. The maximum Gasteiger partial charge on any atom is 0.325 e. The molecule has 5 rings (SSSR count). The van der Waals surface area contributed by atoms with Gasteiger partial charge in [0.05, 0.1) is 18.8 Å². The fourth-order valence-corrected chi connectivity index (χ4v) is 6.75. The Balaban J connectivity index is 1.15. The first kappa shape index (κ1) is 28.1. The SMILES string of the molecule is Cc1cc2c(c(C(C(=O)O)N(C)[C@H]3CC[C@H](OCCCCc4ccc5c(n4)NCCC5)C3)c1)[C@H](C)[C@@H](C)OC2. The van der Waals surface area contributed by atoms with Gasteiger partial charge in [0, 0.05) is 30.8 Å². The molecule has 0 bridgehead atoms. The van der Waals surface area contributed by atoms with Crippen LogP contribution >= 0.6 is 0 Å². The average molecular weight is 536 g/mol. The highest BCUT2D eigenvalue weighted by Gasteiger charge is 2.38. The number of carbonyl (C=O) groups is 1. The van der Waals surface area contributed by atoms with Gasteiger partial charge in [-0.15, -0.1) is 0 Å². The number of aryl methyl sites for hydroxylation is 3. The number of pyridine rings is 1. The first-order valence-corrected chi connectivity index (χ1v) is 14.9. The summed E-state index contributed by atoms with van der Waals surface area (Å²) < 4.78 is 12.2. The molecule has 3 aliphatic rings. The Morgan fingerprint density at radius 1 is 1.23 bits per heavy atom. The van der Waals surface area contributed by atoms with Crippen molar-refractivity contribution in [1.29, 1.82) is 0 Å². The molecule has 1 aromatic carbocycles. The number of likely N-dealkylation sites (N-methyl/N-ethyl adjacent to an activating group) is 1. The third-order valence-corrected chi connectivity index (χ3v) is 9.10. The summed E-state index contributed by atoms with van der Waals surface area (Å²) in [6.07, 6.45) is 8.41. The minimum absolute atomic E-state index is 0.0719. The number of rotatable bonds is 10. The first-order chi connectivity index (χ1) is 18.8. The lowest BCUT2D eigenvalue weighted by Crippen LogP contribution is -2.39. The largest absolute Gasteiger partial charge is 0.480 e. The van der Waals surface area contributed by atoms with Crippen LogP contribution in [-0.4, -0.2) is 59.4 Å². The Bertz CT molecular complexity index is 1170. The van der Waals surface area contributed by atoms with Crippen molar-refractivity contribution in [3.63, 3.8) is 0 Å². The summed E-state index contributed by atoms with van der Waals surface area (Å²) in [5.41, 5.74) is 6.79. The van der Waals surface area contributed by atoms with Crippen LogP contribution in [-0.2, 0) is 33.7 Å². The molecular weight excluding hydrogens is 490 g/mol. The lowest BCUT2D eigenvalue weighted by molar-refractivity contribution is -0.144. The van der Waals surface area contributed by atoms with E-state index in [2.05, 4.69) is 48.3 Å². The van der Waals surface area contributed by atoms with E-state index in [-0.39, 0.29) is 24.2 Å². The number of aromatic nitrogens is 1. The number of carboxylic acid groups (broad SMARTS) is 1. The smallest absolute Gasteiger partial charge is 0.325 e. The first-order valence-electron chi connectivity index (χ1n) is 14.9. The molecule has 0 amide bonds. The van der Waals surface area contributed by atoms with Crippen molar-refractivity contribution in [2.24, 2.45) is 0 Å². The Kier molecular flexibility index (Phi) is 8.89. The number of carboxylic acids is 1. The van der Waals surface area contributed by atoms with Crippen molar-refractivity contribution < 1.29 is 19.4 Å². The zero-order chi connectivity index (χ0) is 27.5. The molecule has 2 aromatic rings. The molecular formula is C32H45N3O4. The fraction of sp³-hybridized carbons (Fsp3) is 0.625. The van der Waals surface area contributed by atoms with Crippen LogP contribution in [0.3, 0.4) is 0 Å². The van der Waals surface area contributed by atoms with E-state index in [1.54, 1.807) is 0 Å². The number of anilines is 1. The van der Waals surface area contributed by atoms with Crippen molar-refractivity contribution in [2.75, 3.05) is 25.5 Å². The molecule has 39 heavy (non-hydrogen) atoms. The second-order valence-electron chi connectivity index (χ2n) is 11.9. The van der Waals surface area contributed by atoms with Gasteiger partial charge >= 0.3 is 5.97 Å². The lowest BCUT2D eigenvalue weighted by atomic mass is 9.82. The molecule has 0 saturated heterocycles. The van der Waals surface area contributed by atoms with Gasteiger partial charge in [0.2, 0.25) is 0 Å². The topological polar surface area (TPSA) is 83.9 Å². The van der Waals surface area contributed by atoms with E-state index in [0.29, 0.717) is 6.61 Å². The Morgan fingerprint density at radius 2 is 2.08 bits per heavy atom. The summed E-state index contributed by atoms with van der Waals surface area (Å²) in [5, 5.41) is 13.8. The van der Waals surface area contributed by atoms with Crippen LogP contribution in [0.1, 0.15) is 97.8 Å². The second kappa shape index (κ2) is 12.4. The van der Waals surface area contributed by atoms with Crippen molar-refractivity contribution >= 4 is 11.8 Å². The maximum atomic E-state index is 12.7. The number of nitrogens with zero attached hydrogens (tertiary/aromatic N) is 2. The average Bonchev–Trinajstić information content (AvgIpc) is 3.39. The molecule has 1 saturated carbocycles. The van der Waals surface area contributed by atoms with Gasteiger partial charge in [-0.1, -0.05) is 30.7 Å². The number of hydrogen-bond donors (Lipinski definition) is 2. The van der Waals surface area contributed by atoms with E-state index in [1.807, 2.05) is 14.0 Å². The molecule has 212 valence electrons. The van der Waals surface area contributed by atoms with E-state index in [1.165, 1.54) is 12.0 Å². The molecule has 0 radical (unpaired) electrons. The Morgan fingerprint density at radius 3 is 2.90 bits per heavy atom. The van der Waals surface area contributed by atoms with Gasteiger partial charge in [-0.2, -0.15) is 0 Å². The molecule has 7 nitrogen and oxygen atoms in total. The van der Waals surface area contributed by atoms with Gasteiger partial charge in [0.25, 0.3) is 0 Å². The molecule has 7 heteroatoms. The Labute approximate surface area is 233 Å². The molecule has 3 heterocycles. The molecule has 1 aliphatic carbocycles. The standard InChI is InChI=1S/C32H45N3O4/c1-20-16-24-19-39-22(3)21(2)29(24)28(17-20)30(32(36)37)35(4)26-12-13-27(18-26)38-15-6-5-9-25-11-10-23-8-7-14-33-31(23)34-25/h10-11,16-17,21-22,26-27,30H,5-9,12-15,18-19H2,1-4H3,(H,33,34)(H,36,37)/t21-,22-,26+,27+,30?/m1/s1. The highest BCUT2D eigenvalue weighted by Crippen LogP contribution is 2.40. The lowest BCUT2D eigenvalue weighted by Gasteiger charge is -2.36. The molecule has 1 fully saturated rings. The zero-order valence-corrected chi connectivity index (χ0v) is 24.0. The minimum atomic E-state index is -0.785. The fourth-order valence-electron chi connectivity index (χ4n) is 6.75. The van der Waals surface area contributed by atoms with E-state index < -0.39 is 12.0 Å².